The van der Waals surface area contributed by atoms with E-state index in [0.717, 1.165) is 28.2 Å². The van der Waals surface area contributed by atoms with E-state index in [-0.39, 0.29) is 0 Å². The first-order valence-corrected chi connectivity index (χ1v) is 10.6. The molecule has 1 aromatic heterocycles. The minimum absolute atomic E-state index is 0.514. The van der Waals surface area contributed by atoms with Gasteiger partial charge < -0.3 is 10.6 Å². The number of hydrogen-bond acceptors (Lipinski definition) is 3. The second-order valence-corrected chi connectivity index (χ2v) is 8.46. The molecular formula is C24H28ClN3. The Bertz CT molecular complexity index is 961. The summed E-state index contributed by atoms with van der Waals surface area (Å²) in [6.45, 7) is 5.32. The largest absolute Gasteiger partial charge is 0.382 e. The summed E-state index contributed by atoms with van der Waals surface area (Å²) in [5.41, 5.74) is 6.23. The maximum absolute atomic E-state index is 6.10. The van der Waals surface area contributed by atoms with Crippen LogP contribution < -0.4 is 10.6 Å². The Morgan fingerprint density at radius 1 is 0.964 bits per heavy atom. The Morgan fingerprint density at radius 3 is 2.54 bits per heavy atom. The molecular weight excluding hydrogens is 366 g/mol. The van der Waals surface area contributed by atoms with Crippen molar-refractivity contribution in [2.75, 3.05) is 5.32 Å². The number of aromatic nitrogens is 1. The van der Waals surface area contributed by atoms with Crippen LogP contribution in [0.2, 0.25) is 5.02 Å². The van der Waals surface area contributed by atoms with Crippen molar-refractivity contribution in [1.82, 2.24) is 10.3 Å². The molecule has 1 aliphatic carbocycles. The van der Waals surface area contributed by atoms with E-state index in [9.17, 15) is 0 Å². The van der Waals surface area contributed by atoms with Gasteiger partial charge in [-0.25, -0.2) is 0 Å². The molecule has 0 spiro atoms. The molecule has 1 heterocycles. The molecule has 2 aromatic carbocycles. The summed E-state index contributed by atoms with van der Waals surface area (Å²) < 4.78 is 0. The third-order valence-electron chi connectivity index (χ3n) is 5.87. The summed E-state index contributed by atoms with van der Waals surface area (Å²) in [5.74, 6) is 0. The maximum Gasteiger partial charge on any atom is 0.0737 e. The summed E-state index contributed by atoms with van der Waals surface area (Å²) >= 11 is 6.10. The lowest BCUT2D eigenvalue weighted by molar-refractivity contribution is 0.353. The first-order chi connectivity index (χ1) is 13.6. The van der Waals surface area contributed by atoms with Crippen molar-refractivity contribution in [3.8, 4) is 0 Å². The van der Waals surface area contributed by atoms with Crippen LogP contribution in [0.1, 0.15) is 42.4 Å². The summed E-state index contributed by atoms with van der Waals surface area (Å²) in [6, 6.07) is 15.8. The van der Waals surface area contributed by atoms with Crippen LogP contribution in [0.15, 0.2) is 48.7 Å². The van der Waals surface area contributed by atoms with Crippen LogP contribution in [-0.2, 0) is 6.54 Å². The van der Waals surface area contributed by atoms with Gasteiger partial charge in [0.1, 0.15) is 0 Å². The van der Waals surface area contributed by atoms with Crippen molar-refractivity contribution >= 4 is 28.2 Å². The third kappa shape index (κ3) is 4.48. The van der Waals surface area contributed by atoms with E-state index in [0.29, 0.717) is 12.1 Å². The average Bonchev–Trinajstić information content (AvgIpc) is 2.68. The van der Waals surface area contributed by atoms with Gasteiger partial charge in [0.25, 0.3) is 0 Å². The average molecular weight is 394 g/mol. The van der Waals surface area contributed by atoms with Gasteiger partial charge in [0, 0.05) is 40.9 Å². The van der Waals surface area contributed by atoms with Crippen molar-refractivity contribution in [2.24, 2.45) is 0 Å². The van der Waals surface area contributed by atoms with Crippen LogP contribution in [0, 0.1) is 13.8 Å². The summed E-state index contributed by atoms with van der Waals surface area (Å²) in [4.78, 5) is 4.44. The molecule has 0 saturated heterocycles. The van der Waals surface area contributed by atoms with Crippen molar-refractivity contribution in [3.63, 3.8) is 0 Å². The fourth-order valence-corrected chi connectivity index (χ4v) is 4.37. The predicted octanol–water partition coefficient (Wildman–Crippen LogP) is 6.02. The highest BCUT2D eigenvalue weighted by Gasteiger charge is 2.21. The number of aryl methyl sites for hydroxylation is 2. The number of anilines is 1. The zero-order valence-corrected chi connectivity index (χ0v) is 17.4. The monoisotopic (exact) mass is 393 g/mol. The van der Waals surface area contributed by atoms with Crippen LogP contribution in [0.5, 0.6) is 0 Å². The highest BCUT2D eigenvalue weighted by Crippen LogP contribution is 2.28. The Hall–Kier alpha value is -2.10. The third-order valence-corrected chi connectivity index (χ3v) is 6.11. The first kappa shape index (κ1) is 19.2. The van der Waals surface area contributed by atoms with Gasteiger partial charge >= 0.3 is 0 Å². The number of nitrogens with zero attached hydrogens (tertiary/aromatic N) is 1. The molecule has 3 aromatic rings. The van der Waals surface area contributed by atoms with Crippen LogP contribution in [0.4, 0.5) is 5.69 Å². The van der Waals surface area contributed by atoms with Crippen LogP contribution >= 0.6 is 11.6 Å². The Kier molecular flexibility index (Phi) is 5.84. The lowest BCUT2D eigenvalue weighted by Crippen LogP contribution is -2.36. The van der Waals surface area contributed by atoms with Gasteiger partial charge in [-0.3, -0.25) is 4.98 Å². The van der Waals surface area contributed by atoms with Crippen LogP contribution in [0.25, 0.3) is 10.9 Å². The summed E-state index contributed by atoms with van der Waals surface area (Å²) in [7, 11) is 0. The zero-order chi connectivity index (χ0) is 19.5. The van der Waals surface area contributed by atoms with E-state index < -0.39 is 0 Å². The lowest BCUT2D eigenvalue weighted by atomic mass is 9.90. The topological polar surface area (TPSA) is 37.0 Å². The fourth-order valence-electron chi connectivity index (χ4n) is 4.21. The lowest BCUT2D eigenvalue weighted by Gasteiger charge is -2.31. The van der Waals surface area contributed by atoms with Crippen molar-refractivity contribution in [3.05, 3.63) is 70.4 Å². The molecule has 0 bridgehead atoms. The number of halogens is 1. The minimum atomic E-state index is 0.514. The fraction of sp³-hybridized carbons (Fsp3) is 0.375. The SMILES string of the molecule is Cc1ccc(CN[C@H]2CC[C@@H](Nc3ccnc4cc(Cl)ccc34)CC2)c(C)c1. The zero-order valence-electron chi connectivity index (χ0n) is 16.6. The molecule has 0 aliphatic heterocycles. The standard InChI is InChI=1S/C24H28ClN3/c1-16-3-4-18(17(2)13-16)15-27-20-6-8-21(9-7-20)28-23-11-12-26-24-14-19(25)5-10-22(23)24/h3-5,10-14,20-21,27H,6-9,15H2,1-2H3,(H,26,28)/t20-,21+. The van der Waals surface area contributed by atoms with E-state index >= 15 is 0 Å². The molecule has 4 heteroatoms. The van der Waals surface area contributed by atoms with E-state index in [4.69, 9.17) is 11.6 Å². The van der Waals surface area contributed by atoms with Gasteiger partial charge in [0.2, 0.25) is 0 Å². The van der Waals surface area contributed by atoms with Crippen LogP contribution in [-0.4, -0.2) is 17.1 Å². The van der Waals surface area contributed by atoms with Gasteiger partial charge in [-0.1, -0.05) is 35.4 Å². The van der Waals surface area contributed by atoms with E-state index in [1.165, 1.54) is 42.4 Å². The Balaban J connectivity index is 1.32. The molecule has 4 rings (SSSR count). The molecule has 2 N–H and O–H groups in total. The summed E-state index contributed by atoms with van der Waals surface area (Å²) in [6.07, 6.45) is 6.64. The van der Waals surface area contributed by atoms with E-state index in [1.807, 2.05) is 18.3 Å². The number of rotatable bonds is 5. The van der Waals surface area contributed by atoms with Gasteiger partial charge in [-0.2, -0.15) is 0 Å². The second-order valence-electron chi connectivity index (χ2n) is 8.02. The van der Waals surface area contributed by atoms with Crippen molar-refractivity contribution in [1.29, 1.82) is 0 Å². The van der Waals surface area contributed by atoms with Gasteiger partial charge in [-0.15, -0.1) is 0 Å². The number of benzene rings is 2. The molecule has 1 fully saturated rings. The Labute approximate surface area is 172 Å². The quantitative estimate of drug-likeness (QED) is 0.556. The molecule has 146 valence electrons. The predicted molar refractivity (Wildman–Crippen MR) is 119 cm³/mol. The van der Waals surface area contributed by atoms with Crippen molar-refractivity contribution in [2.45, 2.75) is 58.2 Å². The van der Waals surface area contributed by atoms with Crippen LogP contribution in [0.3, 0.4) is 0 Å². The smallest absolute Gasteiger partial charge is 0.0737 e. The number of fused-ring (bicyclic) bond motifs is 1. The molecule has 1 saturated carbocycles. The molecule has 3 nitrogen and oxygen atoms in total. The van der Waals surface area contributed by atoms with Crippen molar-refractivity contribution < 1.29 is 0 Å². The Morgan fingerprint density at radius 2 is 1.75 bits per heavy atom. The van der Waals surface area contributed by atoms with E-state index in [1.54, 1.807) is 0 Å². The summed E-state index contributed by atoms with van der Waals surface area (Å²) in [5, 5.41) is 9.38. The molecule has 0 unspecified atom stereocenters. The van der Waals surface area contributed by atoms with Gasteiger partial charge in [-0.05, 0) is 74.9 Å². The molecule has 0 amide bonds. The minimum Gasteiger partial charge on any atom is -0.382 e. The second kappa shape index (κ2) is 8.50. The first-order valence-electron chi connectivity index (χ1n) is 10.2. The highest BCUT2D eigenvalue weighted by atomic mass is 35.5. The molecule has 0 radical (unpaired) electrons. The normalized spacial score (nSPS) is 19.7. The van der Waals surface area contributed by atoms with E-state index in [2.05, 4.69) is 59.8 Å². The maximum atomic E-state index is 6.10. The molecule has 28 heavy (non-hydrogen) atoms. The number of hydrogen-bond donors (Lipinski definition) is 2. The van der Waals surface area contributed by atoms with Gasteiger partial charge in [0.15, 0.2) is 0 Å². The molecule has 1 aliphatic rings. The highest BCUT2D eigenvalue weighted by molar-refractivity contribution is 6.31. The number of nitrogens with one attached hydrogen (secondary N) is 2. The van der Waals surface area contributed by atoms with Gasteiger partial charge in [0.05, 0.1) is 5.52 Å². The number of pyridine rings is 1. The molecule has 0 atom stereocenters.